The Morgan fingerprint density at radius 3 is 2.42 bits per heavy atom. The third-order valence-electron chi connectivity index (χ3n) is 1.76. The van der Waals surface area contributed by atoms with Gasteiger partial charge in [0, 0.05) is 10.5 Å². The van der Waals surface area contributed by atoms with E-state index in [9.17, 15) is 0 Å². The molecule has 70 valence electrons. The van der Waals surface area contributed by atoms with Gasteiger partial charge < -0.3 is 0 Å². The third-order valence-corrected chi connectivity index (χ3v) is 2.71. The highest BCUT2D eigenvalue weighted by Gasteiger charge is 2.22. The zero-order chi connectivity index (χ0) is 9.19. The van der Waals surface area contributed by atoms with Gasteiger partial charge in [-0.1, -0.05) is 0 Å². The number of hydrogen-bond acceptors (Lipinski definition) is 2. The molecule has 12 heavy (non-hydrogen) atoms. The molecule has 0 heterocycles. The largest absolute Gasteiger partial charge is 0.225 e. The Morgan fingerprint density at radius 1 is 1.42 bits per heavy atom. The Hall–Kier alpha value is 0.0200. The summed E-state index contributed by atoms with van der Waals surface area (Å²) in [6, 6.07) is 0. The minimum atomic E-state index is 0.269. The zero-order valence-electron chi connectivity index (χ0n) is 8.55. The molecule has 1 aliphatic carbocycles. The highest BCUT2D eigenvalue weighted by Crippen LogP contribution is 2.33. The second-order valence-electron chi connectivity index (χ2n) is 4.68. The molecule has 0 unspecified atom stereocenters. The van der Waals surface area contributed by atoms with E-state index < -0.39 is 0 Å². The predicted molar refractivity (Wildman–Crippen MR) is 57.8 cm³/mol. The van der Waals surface area contributed by atoms with E-state index in [0.29, 0.717) is 0 Å². The molecule has 0 spiro atoms. The van der Waals surface area contributed by atoms with Crippen molar-refractivity contribution >= 4 is 17.7 Å². The van der Waals surface area contributed by atoms with Gasteiger partial charge in [-0.3, -0.25) is 0 Å². The summed E-state index contributed by atoms with van der Waals surface area (Å²) in [6.07, 6.45) is 4.07. The predicted octanol–water partition coefficient (Wildman–Crippen LogP) is 3.69. The van der Waals surface area contributed by atoms with Crippen molar-refractivity contribution in [3.05, 3.63) is 0 Å². The summed E-state index contributed by atoms with van der Waals surface area (Å²) in [5.41, 5.74) is 1.32. The minimum absolute atomic E-state index is 0.269. The van der Waals surface area contributed by atoms with E-state index in [2.05, 4.69) is 32.1 Å². The van der Waals surface area contributed by atoms with Crippen LogP contribution in [0.25, 0.3) is 0 Å². The number of nitrogens with zero attached hydrogens (tertiary/aromatic N) is 1. The minimum Gasteiger partial charge on any atom is -0.225 e. The molecule has 0 saturated heterocycles. The Kier molecular flexibility index (Phi) is 3.22. The van der Waals surface area contributed by atoms with Crippen LogP contribution in [0.15, 0.2) is 4.40 Å². The fourth-order valence-corrected chi connectivity index (χ4v) is 1.50. The van der Waals surface area contributed by atoms with Crippen LogP contribution in [0, 0.1) is 5.92 Å². The first-order valence-corrected chi connectivity index (χ1v) is 5.46. The van der Waals surface area contributed by atoms with Gasteiger partial charge in [-0.2, -0.15) is 0 Å². The van der Waals surface area contributed by atoms with Crippen molar-refractivity contribution in [2.45, 2.75) is 51.7 Å². The lowest BCUT2D eigenvalue weighted by Gasteiger charge is -2.13. The van der Waals surface area contributed by atoms with Crippen LogP contribution >= 0.6 is 11.9 Å². The van der Waals surface area contributed by atoms with Crippen LogP contribution in [-0.2, 0) is 0 Å². The molecule has 1 aliphatic rings. The fourth-order valence-electron chi connectivity index (χ4n) is 0.992. The number of hydrogen-bond donors (Lipinski definition) is 0. The van der Waals surface area contributed by atoms with Crippen molar-refractivity contribution < 1.29 is 0 Å². The van der Waals surface area contributed by atoms with Crippen LogP contribution in [0.3, 0.4) is 0 Å². The van der Waals surface area contributed by atoms with Crippen LogP contribution in [0.2, 0.25) is 0 Å². The summed E-state index contributed by atoms with van der Waals surface area (Å²) >= 11 is 1.70. The summed E-state index contributed by atoms with van der Waals surface area (Å²) in [7, 11) is 0. The average Bonchev–Trinajstić information content (AvgIpc) is 2.66. The first-order chi connectivity index (χ1) is 5.47. The molecule has 2 heteroatoms. The van der Waals surface area contributed by atoms with E-state index in [-0.39, 0.29) is 4.75 Å². The van der Waals surface area contributed by atoms with E-state index in [1.807, 2.05) is 0 Å². The molecule has 0 amide bonds. The maximum Gasteiger partial charge on any atom is 0.0294 e. The molecule has 0 aromatic carbocycles. The molecule has 0 aromatic heterocycles. The summed E-state index contributed by atoms with van der Waals surface area (Å²) in [6.45, 7) is 8.75. The molecule has 0 N–H and O–H groups in total. The van der Waals surface area contributed by atoms with Gasteiger partial charge in [0.05, 0.1) is 0 Å². The molecule has 0 bridgehead atoms. The lowest BCUT2D eigenvalue weighted by Crippen LogP contribution is -2.06. The van der Waals surface area contributed by atoms with E-state index in [1.165, 1.54) is 25.0 Å². The van der Waals surface area contributed by atoms with Gasteiger partial charge in [0.1, 0.15) is 0 Å². The van der Waals surface area contributed by atoms with E-state index >= 15 is 0 Å². The van der Waals surface area contributed by atoms with Gasteiger partial charge in [-0.15, -0.1) is 0 Å². The first kappa shape index (κ1) is 10.1. The van der Waals surface area contributed by atoms with Crippen LogP contribution in [0.1, 0.15) is 47.0 Å². The van der Waals surface area contributed by atoms with Crippen LogP contribution in [-0.4, -0.2) is 10.5 Å². The van der Waals surface area contributed by atoms with Crippen molar-refractivity contribution in [1.29, 1.82) is 0 Å². The molecule has 0 aliphatic heterocycles. The number of rotatable bonds is 3. The van der Waals surface area contributed by atoms with Crippen LogP contribution in [0.5, 0.6) is 0 Å². The Labute approximate surface area is 80.2 Å². The quantitative estimate of drug-likeness (QED) is 0.482. The average molecular weight is 185 g/mol. The molecule has 0 atom stereocenters. The van der Waals surface area contributed by atoms with Crippen LogP contribution in [0.4, 0.5) is 0 Å². The molecule has 0 aromatic rings. The molecular weight excluding hydrogens is 166 g/mol. The van der Waals surface area contributed by atoms with E-state index in [1.54, 1.807) is 11.9 Å². The van der Waals surface area contributed by atoms with Gasteiger partial charge in [0.25, 0.3) is 0 Å². The fraction of sp³-hybridized carbons (Fsp3) is 0.900. The molecule has 1 nitrogen and oxygen atoms in total. The molecule has 0 radical (unpaired) electrons. The van der Waals surface area contributed by atoms with Crippen molar-refractivity contribution in [1.82, 2.24) is 0 Å². The highest BCUT2D eigenvalue weighted by atomic mass is 32.2. The summed E-state index contributed by atoms with van der Waals surface area (Å²) in [5.74, 6) is 0.967. The lowest BCUT2D eigenvalue weighted by molar-refractivity contribution is 0.803. The normalized spacial score (nSPS) is 19.8. The second-order valence-corrected chi connectivity index (χ2v) is 6.27. The topological polar surface area (TPSA) is 12.4 Å². The van der Waals surface area contributed by atoms with E-state index in [4.69, 9.17) is 0 Å². The van der Waals surface area contributed by atoms with Gasteiger partial charge in [0.15, 0.2) is 0 Å². The monoisotopic (exact) mass is 185 g/mol. The lowest BCUT2D eigenvalue weighted by atomic mass is 10.2. The smallest absolute Gasteiger partial charge is 0.0294 e. The third kappa shape index (κ3) is 4.81. The molecule has 1 rings (SSSR count). The summed E-state index contributed by atoms with van der Waals surface area (Å²) in [5, 5.41) is 0. The van der Waals surface area contributed by atoms with E-state index in [0.717, 1.165) is 5.92 Å². The van der Waals surface area contributed by atoms with Gasteiger partial charge in [0.2, 0.25) is 0 Å². The zero-order valence-corrected chi connectivity index (χ0v) is 9.37. The molecular formula is C10H19NS. The van der Waals surface area contributed by atoms with Crippen molar-refractivity contribution in [2.24, 2.45) is 10.3 Å². The standard InChI is InChI=1S/C10H19NS/c1-8(7-9-5-6-9)11-12-10(2,3)4/h9H,5-7H2,1-4H3/b11-8+. The maximum atomic E-state index is 4.51. The summed E-state index contributed by atoms with van der Waals surface area (Å²) < 4.78 is 4.78. The maximum absolute atomic E-state index is 4.51. The molecule has 1 saturated carbocycles. The first-order valence-electron chi connectivity index (χ1n) is 4.69. The second kappa shape index (κ2) is 3.82. The van der Waals surface area contributed by atoms with Gasteiger partial charge >= 0.3 is 0 Å². The van der Waals surface area contributed by atoms with Gasteiger partial charge in [-0.05, 0) is 64.8 Å². The highest BCUT2D eigenvalue weighted by molar-refractivity contribution is 7.99. The van der Waals surface area contributed by atoms with Gasteiger partial charge in [-0.25, -0.2) is 4.40 Å². The van der Waals surface area contributed by atoms with Crippen molar-refractivity contribution in [3.8, 4) is 0 Å². The summed E-state index contributed by atoms with van der Waals surface area (Å²) in [4.78, 5) is 0. The Bertz CT molecular complexity index is 175. The SMILES string of the molecule is C/C(CC1CC1)=N\SC(C)(C)C. The van der Waals surface area contributed by atoms with Crippen molar-refractivity contribution in [3.63, 3.8) is 0 Å². The Morgan fingerprint density at radius 2 is 2.00 bits per heavy atom. The molecule has 1 fully saturated rings. The van der Waals surface area contributed by atoms with Crippen LogP contribution < -0.4 is 0 Å². The Balaban J connectivity index is 2.24. The van der Waals surface area contributed by atoms with Crippen molar-refractivity contribution in [2.75, 3.05) is 0 Å².